The van der Waals surface area contributed by atoms with Gasteiger partial charge in [-0.15, -0.1) is 0 Å². The van der Waals surface area contributed by atoms with E-state index in [2.05, 4.69) is 0 Å². The molecule has 1 aliphatic heterocycles. The molecule has 0 radical (unpaired) electrons. The van der Waals surface area contributed by atoms with E-state index in [9.17, 15) is 9.59 Å². The van der Waals surface area contributed by atoms with Crippen LogP contribution >= 0.6 is 0 Å². The summed E-state index contributed by atoms with van der Waals surface area (Å²) >= 11 is 0. The molecule has 0 aromatic heterocycles. The predicted molar refractivity (Wildman–Crippen MR) is 42.6 cm³/mol. The van der Waals surface area contributed by atoms with Gasteiger partial charge >= 0.3 is 5.97 Å². The van der Waals surface area contributed by atoms with E-state index in [1.54, 1.807) is 0 Å². The fraction of sp³-hybridized carbons (Fsp3) is 0.625. The zero-order chi connectivity index (χ0) is 9.84. The molecule has 5 nitrogen and oxygen atoms in total. The molecule has 0 saturated carbocycles. The maximum atomic E-state index is 11.1. The van der Waals surface area contributed by atoms with Crippen LogP contribution in [0.4, 0.5) is 0 Å². The summed E-state index contributed by atoms with van der Waals surface area (Å²) in [6.45, 7) is 0.228. The number of nitriles is 1. The fourth-order valence-corrected chi connectivity index (χ4v) is 1.44. The SMILES string of the molecule is N#CCCN1C(=O)CC[C@H]1C(=O)O. The topological polar surface area (TPSA) is 81.4 Å². The summed E-state index contributed by atoms with van der Waals surface area (Å²) in [6.07, 6.45) is 0.831. The second kappa shape index (κ2) is 3.90. The highest BCUT2D eigenvalue weighted by molar-refractivity contribution is 5.87. The van der Waals surface area contributed by atoms with Crippen LogP contribution in [0.15, 0.2) is 0 Å². The molecule has 0 unspecified atom stereocenters. The third kappa shape index (κ3) is 1.96. The standard InChI is InChI=1S/C8H10N2O3/c9-4-1-5-10-6(8(12)13)2-3-7(10)11/h6H,1-3,5H2,(H,12,13)/t6-/m0/s1. The first-order chi connectivity index (χ1) is 6.16. The normalized spacial score (nSPS) is 21.6. The number of hydrogen-bond donors (Lipinski definition) is 1. The Bertz CT molecular complexity index is 269. The summed E-state index contributed by atoms with van der Waals surface area (Å²) in [5.41, 5.74) is 0. The lowest BCUT2D eigenvalue weighted by Crippen LogP contribution is -2.38. The molecule has 1 heterocycles. The number of carboxylic acids is 1. The minimum absolute atomic E-state index is 0.164. The average Bonchev–Trinajstić information content (AvgIpc) is 2.43. The molecule has 0 bridgehead atoms. The van der Waals surface area contributed by atoms with E-state index in [-0.39, 0.29) is 25.3 Å². The van der Waals surface area contributed by atoms with Crippen molar-refractivity contribution < 1.29 is 14.7 Å². The first-order valence-corrected chi connectivity index (χ1v) is 4.06. The minimum atomic E-state index is -0.983. The zero-order valence-corrected chi connectivity index (χ0v) is 7.06. The number of amides is 1. The molecule has 0 aromatic rings. The molecule has 70 valence electrons. The summed E-state index contributed by atoms with van der Waals surface area (Å²) in [5, 5.41) is 17.0. The maximum Gasteiger partial charge on any atom is 0.326 e. The maximum absolute atomic E-state index is 11.1. The van der Waals surface area contributed by atoms with E-state index >= 15 is 0 Å². The van der Waals surface area contributed by atoms with Crippen LogP contribution in [0, 0.1) is 11.3 Å². The number of carbonyl (C=O) groups excluding carboxylic acids is 1. The lowest BCUT2D eigenvalue weighted by molar-refractivity contribution is -0.146. The number of aliphatic carboxylic acids is 1. The summed E-state index contributed by atoms with van der Waals surface area (Å²) in [7, 11) is 0. The van der Waals surface area contributed by atoms with Crippen LogP contribution in [0.2, 0.25) is 0 Å². The lowest BCUT2D eigenvalue weighted by Gasteiger charge is -2.19. The number of likely N-dealkylation sites (tertiary alicyclic amines) is 1. The van der Waals surface area contributed by atoms with Crippen LogP contribution in [0.25, 0.3) is 0 Å². The van der Waals surface area contributed by atoms with Crippen molar-refractivity contribution in [2.75, 3.05) is 6.54 Å². The van der Waals surface area contributed by atoms with Crippen molar-refractivity contribution in [1.82, 2.24) is 4.90 Å². The summed E-state index contributed by atoms with van der Waals surface area (Å²) < 4.78 is 0. The Morgan fingerprint density at radius 3 is 3.00 bits per heavy atom. The Kier molecular flexibility index (Phi) is 2.85. The number of carbonyl (C=O) groups is 2. The van der Waals surface area contributed by atoms with Crippen molar-refractivity contribution in [3.63, 3.8) is 0 Å². The summed E-state index contributed by atoms with van der Waals surface area (Å²) in [4.78, 5) is 23.1. The van der Waals surface area contributed by atoms with Crippen LogP contribution in [0.3, 0.4) is 0 Å². The van der Waals surface area contributed by atoms with E-state index in [1.165, 1.54) is 4.90 Å². The minimum Gasteiger partial charge on any atom is -0.480 e. The van der Waals surface area contributed by atoms with Crippen molar-refractivity contribution in [2.45, 2.75) is 25.3 Å². The van der Waals surface area contributed by atoms with Gasteiger partial charge in [0.15, 0.2) is 0 Å². The Morgan fingerprint density at radius 2 is 2.46 bits per heavy atom. The van der Waals surface area contributed by atoms with Gasteiger partial charge in [0.05, 0.1) is 12.5 Å². The molecule has 1 amide bonds. The molecule has 0 aromatic carbocycles. The van der Waals surface area contributed by atoms with Crippen LogP contribution < -0.4 is 0 Å². The highest BCUT2D eigenvalue weighted by Crippen LogP contribution is 2.18. The van der Waals surface area contributed by atoms with Gasteiger partial charge in [-0.3, -0.25) is 4.79 Å². The third-order valence-corrected chi connectivity index (χ3v) is 2.08. The molecule has 1 fully saturated rings. The van der Waals surface area contributed by atoms with Crippen LogP contribution in [-0.2, 0) is 9.59 Å². The molecular formula is C8H10N2O3. The Morgan fingerprint density at radius 1 is 1.77 bits per heavy atom. The molecule has 1 atom stereocenters. The van der Waals surface area contributed by atoms with Crippen LogP contribution in [0.1, 0.15) is 19.3 Å². The largest absolute Gasteiger partial charge is 0.480 e. The Balaban J connectivity index is 2.61. The highest BCUT2D eigenvalue weighted by atomic mass is 16.4. The first kappa shape index (κ1) is 9.52. The Hall–Kier alpha value is -1.57. The van der Waals surface area contributed by atoms with Crippen molar-refractivity contribution in [1.29, 1.82) is 5.26 Å². The van der Waals surface area contributed by atoms with Gasteiger partial charge in [-0.2, -0.15) is 5.26 Å². The third-order valence-electron chi connectivity index (χ3n) is 2.08. The van der Waals surface area contributed by atoms with Crippen molar-refractivity contribution in [2.24, 2.45) is 0 Å². The molecule has 0 spiro atoms. The highest BCUT2D eigenvalue weighted by Gasteiger charge is 2.35. The summed E-state index contributed by atoms with van der Waals surface area (Å²) in [5.74, 6) is -1.15. The van der Waals surface area contributed by atoms with Gasteiger partial charge in [-0.05, 0) is 6.42 Å². The number of hydrogen-bond acceptors (Lipinski definition) is 3. The van der Waals surface area contributed by atoms with Gasteiger partial charge < -0.3 is 10.0 Å². The van der Waals surface area contributed by atoms with Crippen molar-refractivity contribution in [3.8, 4) is 6.07 Å². The van der Waals surface area contributed by atoms with Gasteiger partial charge in [-0.1, -0.05) is 0 Å². The first-order valence-electron chi connectivity index (χ1n) is 4.06. The second-order valence-electron chi connectivity index (χ2n) is 2.89. The predicted octanol–water partition coefficient (Wildman–Crippen LogP) is -0.0243. The molecule has 0 aliphatic carbocycles. The molecule has 1 aliphatic rings. The van der Waals surface area contributed by atoms with Gasteiger partial charge in [0, 0.05) is 13.0 Å². The van der Waals surface area contributed by atoms with Gasteiger partial charge in [0.1, 0.15) is 6.04 Å². The zero-order valence-electron chi connectivity index (χ0n) is 7.06. The molecular weight excluding hydrogens is 172 g/mol. The smallest absolute Gasteiger partial charge is 0.326 e. The average molecular weight is 182 g/mol. The molecule has 1 saturated heterocycles. The molecule has 1 N–H and O–H groups in total. The van der Waals surface area contributed by atoms with Crippen LogP contribution in [-0.4, -0.2) is 34.5 Å². The quantitative estimate of drug-likeness (QED) is 0.664. The van der Waals surface area contributed by atoms with E-state index in [1.807, 2.05) is 6.07 Å². The van der Waals surface area contributed by atoms with E-state index in [0.717, 1.165) is 0 Å². The van der Waals surface area contributed by atoms with E-state index < -0.39 is 12.0 Å². The van der Waals surface area contributed by atoms with Gasteiger partial charge in [0.25, 0.3) is 0 Å². The monoisotopic (exact) mass is 182 g/mol. The Labute approximate surface area is 75.6 Å². The van der Waals surface area contributed by atoms with Gasteiger partial charge in [0.2, 0.25) is 5.91 Å². The molecule has 5 heteroatoms. The number of carboxylic acid groups (broad SMARTS) is 1. The molecule has 13 heavy (non-hydrogen) atoms. The fourth-order valence-electron chi connectivity index (χ4n) is 1.44. The number of rotatable bonds is 3. The molecule has 1 rings (SSSR count). The second-order valence-corrected chi connectivity index (χ2v) is 2.89. The van der Waals surface area contributed by atoms with Crippen molar-refractivity contribution >= 4 is 11.9 Å². The summed E-state index contributed by atoms with van der Waals surface area (Å²) in [6, 6.07) is 1.17. The van der Waals surface area contributed by atoms with Gasteiger partial charge in [-0.25, -0.2) is 4.79 Å². The number of nitrogens with zero attached hydrogens (tertiary/aromatic N) is 2. The lowest BCUT2D eigenvalue weighted by atomic mass is 10.2. The van der Waals surface area contributed by atoms with E-state index in [4.69, 9.17) is 10.4 Å². The van der Waals surface area contributed by atoms with Crippen LogP contribution in [0.5, 0.6) is 0 Å². The van der Waals surface area contributed by atoms with Crippen molar-refractivity contribution in [3.05, 3.63) is 0 Å². The van der Waals surface area contributed by atoms with E-state index in [0.29, 0.717) is 6.42 Å².